The lowest BCUT2D eigenvalue weighted by Gasteiger charge is -2.32. The minimum Gasteiger partial charge on any atom is -0.493 e. The van der Waals surface area contributed by atoms with Crippen molar-refractivity contribution in [1.29, 1.82) is 0 Å². The van der Waals surface area contributed by atoms with Crippen LogP contribution in [0, 0.1) is 0 Å². The third-order valence-electron chi connectivity index (χ3n) is 4.67. The zero-order chi connectivity index (χ0) is 21.7. The van der Waals surface area contributed by atoms with Gasteiger partial charge in [0.05, 0.1) is 19.4 Å². The van der Waals surface area contributed by atoms with E-state index in [9.17, 15) is 9.59 Å². The second-order valence-corrected chi connectivity index (χ2v) is 6.69. The number of fused-ring (bicyclic) bond motifs is 1. The van der Waals surface area contributed by atoms with Crippen molar-refractivity contribution in [3.8, 4) is 17.2 Å². The van der Waals surface area contributed by atoms with E-state index in [0.29, 0.717) is 41.8 Å². The first-order valence-corrected chi connectivity index (χ1v) is 9.88. The summed E-state index contributed by atoms with van der Waals surface area (Å²) in [5.41, 5.74) is 2.04. The molecule has 0 saturated carbocycles. The van der Waals surface area contributed by atoms with Gasteiger partial charge in [-0.15, -0.1) is 0 Å². The van der Waals surface area contributed by atoms with Crippen LogP contribution in [0.5, 0.6) is 17.2 Å². The number of carbonyl (C=O) groups is 2. The lowest BCUT2D eigenvalue weighted by molar-refractivity contribution is -0.125. The molecular weight excluding hydrogens is 384 g/mol. The van der Waals surface area contributed by atoms with Gasteiger partial charge in [0.1, 0.15) is 5.75 Å². The van der Waals surface area contributed by atoms with E-state index < -0.39 is 6.10 Å². The first-order valence-electron chi connectivity index (χ1n) is 9.88. The van der Waals surface area contributed by atoms with E-state index in [-0.39, 0.29) is 11.8 Å². The molecule has 158 valence electrons. The van der Waals surface area contributed by atoms with Gasteiger partial charge in [-0.25, -0.2) is 0 Å². The molecule has 1 N–H and O–H groups in total. The molecule has 1 unspecified atom stereocenters. The number of nitrogens with zero attached hydrogens (tertiary/aromatic N) is 1. The Labute approximate surface area is 176 Å². The van der Waals surface area contributed by atoms with Gasteiger partial charge in [-0.1, -0.05) is 6.07 Å². The molecule has 7 nitrogen and oxygen atoms in total. The van der Waals surface area contributed by atoms with Crippen molar-refractivity contribution in [2.45, 2.75) is 26.9 Å². The standard InChI is InChI=1S/C23H26N2O5/c1-5-25-18-14-17(9-11-19(18)30-15(3)23(25)27)24-22(26)12-8-16-7-10-20(29-6-2)21(13-16)28-4/h7-15H,5-6H2,1-4H3,(H,24,26)/b12-8+. The van der Waals surface area contributed by atoms with Crippen LogP contribution in [0.15, 0.2) is 42.5 Å². The van der Waals surface area contributed by atoms with Crippen LogP contribution in [-0.2, 0) is 9.59 Å². The van der Waals surface area contributed by atoms with Crippen LogP contribution in [0.3, 0.4) is 0 Å². The minimum atomic E-state index is -0.521. The molecule has 0 radical (unpaired) electrons. The molecule has 0 spiro atoms. The van der Waals surface area contributed by atoms with Crippen LogP contribution in [0.2, 0.25) is 0 Å². The average molecular weight is 410 g/mol. The second-order valence-electron chi connectivity index (χ2n) is 6.69. The Bertz CT molecular complexity index is 970. The van der Waals surface area contributed by atoms with Crippen LogP contribution >= 0.6 is 0 Å². The van der Waals surface area contributed by atoms with Crippen molar-refractivity contribution < 1.29 is 23.8 Å². The molecule has 0 fully saturated rings. The molecule has 1 atom stereocenters. The number of carbonyl (C=O) groups excluding carboxylic acids is 2. The summed E-state index contributed by atoms with van der Waals surface area (Å²) in [6, 6.07) is 10.7. The van der Waals surface area contributed by atoms with Gasteiger partial charge in [0.2, 0.25) is 5.91 Å². The number of hydrogen-bond donors (Lipinski definition) is 1. The number of methoxy groups -OCH3 is 1. The summed E-state index contributed by atoms with van der Waals surface area (Å²) < 4.78 is 16.5. The normalized spacial score (nSPS) is 15.5. The highest BCUT2D eigenvalue weighted by Gasteiger charge is 2.30. The predicted octanol–water partition coefficient (Wildman–Crippen LogP) is 3.88. The fourth-order valence-electron chi connectivity index (χ4n) is 3.23. The summed E-state index contributed by atoms with van der Waals surface area (Å²) >= 11 is 0. The molecule has 1 heterocycles. The van der Waals surface area contributed by atoms with E-state index in [1.54, 1.807) is 55.3 Å². The number of nitrogens with one attached hydrogen (secondary N) is 1. The Hall–Kier alpha value is -3.48. The molecular formula is C23H26N2O5. The fourth-order valence-corrected chi connectivity index (χ4v) is 3.23. The van der Waals surface area contributed by atoms with Crippen LogP contribution in [0.1, 0.15) is 26.3 Å². The lowest BCUT2D eigenvalue weighted by atomic mass is 10.1. The molecule has 0 bridgehead atoms. The van der Waals surface area contributed by atoms with Crippen LogP contribution < -0.4 is 24.4 Å². The number of benzene rings is 2. The molecule has 2 aromatic carbocycles. The van der Waals surface area contributed by atoms with Gasteiger partial charge >= 0.3 is 0 Å². The van der Waals surface area contributed by atoms with Gasteiger partial charge in [-0.05, 0) is 62.7 Å². The molecule has 0 aromatic heterocycles. The van der Waals surface area contributed by atoms with Crippen LogP contribution in [0.4, 0.5) is 11.4 Å². The molecule has 7 heteroatoms. The van der Waals surface area contributed by atoms with Crippen molar-refractivity contribution in [1.82, 2.24) is 0 Å². The van der Waals surface area contributed by atoms with Gasteiger partial charge in [0, 0.05) is 18.3 Å². The van der Waals surface area contributed by atoms with Crippen molar-refractivity contribution in [2.75, 3.05) is 30.5 Å². The summed E-state index contributed by atoms with van der Waals surface area (Å²) in [5.74, 6) is 1.49. The van der Waals surface area contributed by atoms with Crippen molar-refractivity contribution in [3.05, 3.63) is 48.0 Å². The third kappa shape index (κ3) is 4.56. The van der Waals surface area contributed by atoms with E-state index in [1.165, 1.54) is 6.08 Å². The Morgan fingerprint density at radius 3 is 2.70 bits per heavy atom. The van der Waals surface area contributed by atoms with E-state index in [1.807, 2.05) is 19.9 Å². The van der Waals surface area contributed by atoms with Crippen molar-refractivity contribution >= 4 is 29.3 Å². The quantitative estimate of drug-likeness (QED) is 0.701. The third-order valence-corrected chi connectivity index (χ3v) is 4.67. The van der Waals surface area contributed by atoms with E-state index in [0.717, 1.165) is 5.56 Å². The van der Waals surface area contributed by atoms with Crippen molar-refractivity contribution in [3.63, 3.8) is 0 Å². The molecule has 0 aliphatic carbocycles. The monoisotopic (exact) mass is 410 g/mol. The largest absolute Gasteiger partial charge is 0.493 e. The highest BCUT2D eigenvalue weighted by molar-refractivity contribution is 6.04. The highest BCUT2D eigenvalue weighted by Crippen LogP contribution is 2.36. The summed E-state index contributed by atoms with van der Waals surface area (Å²) in [5, 5.41) is 2.82. The fraction of sp³-hybridized carbons (Fsp3) is 0.304. The first-order chi connectivity index (χ1) is 14.5. The minimum absolute atomic E-state index is 0.0992. The Morgan fingerprint density at radius 2 is 2.00 bits per heavy atom. The molecule has 0 saturated heterocycles. The number of hydrogen-bond acceptors (Lipinski definition) is 5. The molecule has 1 aliphatic heterocycles. The predicted molar refractivity (Wildman–Crippen MR) is 116 cm³/mol. The molecule has 3 rings (SSSR count). The molecule has 2 amide bonds. The molecule has 30 heavy (non-hydrogen) atoms. The number of ether oxygens (including phenoxy) is 3. The van der Waals surface area contributed by atoms with Crippen molar-refractivity contribution in [2.24, 2.45) is 0 Å². The maximum Gasteiger partial charge on any atom is 0.267 e. The topological polar surface area (TPSA) is 77.1 Å². The van der Waals surface area contributed by atoms with E-state index >= 15 is 0 Å². The van der Waals surface area contributed by atoms with Gasteiger partial charge in [0.15, 0.2) is 17.6 Å². The van der Waals surface area contributed by atoms with Gasteiger partial charge in [-0.3, -0.25) is 9.59 Å². The second kappa shape index (κ2) is 9.35. The number of likely N-dealkylation sites (N-methyl/N-ethyl adjacent to an activating group) is 1. The SMILES string of the molecule is CCOc1ccc(/C=C/C(=O)Nc2ccc3c(c2)N(CC)C(=O)C(C)O3)cc1OC. The maximum absolute atomic E-state index is 12.4. The summed E-state index contributed by atoms with van der Waals surface area (Å²) in [6.45, 7) is 6.60. The smallest absolute Gasteiger partial charge is 0.267 e. The summed E-state index contributed by atoms with van der Waals surface area (Å²) in [6.07, 6.45) is 2.61. The van der Waals surface area contributed by atoms with Crippen LogP contribution in [0.25, 0.3) is 6.08 Å². The maximum atomic E-state index is 12.4. The van der Waals surface area contributed by atoms with Gasteiger partial charge < -0.3 is 24.4 Å². The first kappa shape index (κ1) is 21.2. The van der Waals surface area contributed by atoms with Gasteiger partial charge in [-0.2, -0.15) is 0 Å². The van der Waals surface area contributed by atoms with E-state index in [4.69, 9.17) is 14.2 Å². The Morgan fingerprint density at radius 1 is 1.20 bits per heavy atom. The summed E-state index contributed by atoms with van der Waals surface area (Å²) in [4.78, 5) is 26.3. The zero-order valence-electron chi connectivity index (χ0n) is 17.6. The van der Waals surface area contributed by atoms with E-state index in [2.05, 4.69) is 5.32 Å². The zero-order valence-corrected chi connectivity index (χ0v) is 17.6. The number of anilines is 2. The van der Waals surface area contributed by atoms with Gasteiger partial charge in [0.25, 0.3) is 5.91 Å². The Kier molecular flexibility index (Phi) is 6.61. The number of rotatable bonds is 7. The molecule has 1 aliphatic rings. The Balaban J connectivity index is 1.72. The highest BCUT2D eigenvalue weighted by atomic mass is 16.5. The van der Waals surface area contributed by atoms with Crippen LogP contribution in [-0.4, -0.2) is 38.2 Å². The average Bonchev–Trinajstić information content (AvgIpc) is 2.74. The molecule has 2 aromatic rings. The summed E-state index contributed by atoms with van der Waals surface area (Å²) in [7, 11) is 1.57. The number of amides is 2. The lowest BCUT2D eigenvalue weighted by Crippen LogP contribution is -2.44.